The Morgan fingerprint density at radius 1 is 1.03 bits per heavy atom. The van der Waals surface area contributed by atoms with E-state index in [9.17, 15) is 26.4 Å². The van der Waals surface area contributed by atoms with Gasteiger partial charge in [-0.3, -0.25) is 9.10 Å². The largest absolute Gasteiger partial charge is 0.416 e. The summed E-state index contributed by atoms with van der Waals surface area (Å²) in [7, 11) is -3.99. The first-order valence-electron chi connectivity index (χ1n) is 9.64. The van der Waals surface area contributed by atoms with Gasteiger partial charge in [0.05, 0.1) is 23.5 Å². The minimum atomic E-state index is -4.63. The van der Waals surface area contributed by atoms with Crippen LogP contribution >= 0.6 is 0 Å². The molecule has 2 aromatic carbocycles. The third-order valence-electron chi connectivity index (χ3n) is 4.80. The van der Waals surface area contributed by atoms with E-state index in [0.717, 1.165) is 29.5 Å². The van der Waals surface area contributed by atoms with Crippen LogP contribution in [0.2, 0.25) is 0 Å². The molecule has 1 atom stereocenters. The Morgan fingerprint density at radius 3 is 2.10 bits per heavy atom. The molecule has 9 heteroatoms. The van der Waals surface area contributed by atoms with Gasteiger partial charge >= 0.3 is 6.18 Å². The predicted molar refractivity (Wildman–Crippen MR) is 115 cm³/mol. The summed E-state index contributed by atoms with van der Waals surface area (Å²) in [5.41, 5.74) is 0.710. The number of hydrogen-bond donors (Lipinski definition) is 1. The zero-order valence-electron chi connectivity index (χ0n) is 18.1. The number of carbonyl (C=O) groups is 1. The van der Waals surface area contributed by atoms with E-state index in [-0.39, 0.29) is 11.1 Å². The smallest absolute Gasteiger partial charge is 0.348 e. The van der Waals surface area contributed by atoms with Crippen molar-refractivity contribution in [3.8, 4) is 0 Å². The second kappa shape index (κ2) is 8.90. The Hall–Kier alpha value is -2.55. The van der Waals surface area contributed by atoms with Crippen LogP contribution in [-0.2, 0) is 26.4 Å². The van der Waals surface area contributed by atoms with E-state index in [1.807, 2.05) is 24.3 Å². The molecule has 1 N–H and O–H groups in total. The number of amides is 1. The van der Waals surface area contributed by atoms with E-state index in [1.165, 1.54) is 6.07 Å². The fraction of sp³-hybridized carbons (Fsp3) is 0.409. The quantitative estimate of drug-likeness (QED) is 0.688. The molecule has 0 aliphatic heterocycles. The van der Waals surface area contributed by atoms with E-state index in [2.05, 4.69) is 26.1 Å². The van der Waals surface area contributed by atoms with Gasteiger partial charge in [-0.05, 0) is 41.7 Å². The summed E-state index contributed by atoms with van der Waals surface area (Å²) in [5, 5.41) is 2.70. The second-order valence-corrected chi connectivity index (χ2v) is 10.4. The highest BCUT2D eigenvalue weighted by Crippen LogP contribution is 2.32. The molecule has 0 bridgehead atoms. The average molecular weight is 457 g/mol. The summed E-state index contributed by atoms with van der Waals surface area (Å²) in [6.07, 6.45) is -3.79. The van der Waals surface area contributed by atoms with Crippen molar-refractivity contribution in [1.82, 2.24) is 5.32 Å². The zero-order valence-corrected chi connectivity index (χ0v) is 18.9. The first-order valence-corrected chi connectivity index (χ1v) is 11.5. The molecule has 0 aliphatic rings. The molecule has 1 amide bonds. The molecule has 2 rings (SSSR count). The van der Waals surface area contributed by atoms with Gasteiger partial charge in [0.1, 0.15) is 6.54 Å². The van der Waals surface area contributed by atoms with Crippen molar-refractivity contribution in [2.45, 2.75) is 45.3 Å². The molecule has 5 nitrogen and oxygen atoms in total. The van der Waals surface area contributed by atoms with Gasteiger partial charge in [-0.2, -0.15) is 13.2 Å². The lowest BCUT2D eigenvalue weighted by atomic mass is 9.86. The van der Waals surface area contributed by atoms with Crippen molar-refractivity contribution in [1.29, 1.82) is 0 Å². The Morgan fingerprint density at radius 2 is 1.61 bits per heavy atom. The van der Waals surface area contributed by atoms with E-state index < -0.39 is 40.3 Å². The van der Waals surface area contributed by atoms with Gasteiger partial charge in [0.2, 0.25) is 15.9 Å². The summed E-state index contributed by atoms with van der Waals surface area (Å²) in [6, 6.07) is 11.2. The van der Waals surface area contributed by atoms with Crippen LogP contribution in [0.25, 0.3) is 0 Å². The molecule has 0 aromatic heterocycles. The van der Waals surface area contributed by atoms with Crippen molar-refractivity contribution in [2.24, 2.45) is 0 Å². The number of nitrogens with one attached hydrogen (secondary N) is 1. The highest BCUT2D eigenvalue weighted by atomic mass is 32.2. The molecule has 0 fully saturated rings. The number of carbonyl (C=O) groups excluding carboxylic acids is 1. The van der Waals surface area contributed by atoms with Gasteiger partial charge in [0.15, 0.2) is 0 Å². The molecule has 31 heavy (non-hydrogen) atoms. The van der Waals surface area contributed by atoms with Gasteiger partial charge < -0.3 is 5.32 Å². The van der Waals surface area contributed by atoms with Crippen molar-refractivity contribution in [3.05, 3.63) is 65.2 Å². The molecule has 0 saturated carbocycles. The van der Waals surface area contributed by atoms with Crippen LogP contribution in [0.3, 0.4) is 0 Å². The van der Waals surface area contributed by atoms with Gasteiger partial charge in [0, 0.05) is 0 Å². The van der Waals surface area contributed by atoms with E-state index in [4.69, 9.17) is 0 Å². The number of nitrogens with zero attached hydrogens (tertiary/aromatic N) is 1. The van der Waals surface area contributed by atoms with E-state index in [1.54, 1.807) is 6.92 Å². The monoisotopic (exact) mass is 456 g/mol. The number of benzene rings is 2. The van der Waals surface area contributed by atoms with Gasteiger partial charge in [0.25, 0.3) is 0 Å². The Bertz CT molecular complexity index is 1030. The van der Waals surface area contributed by atoms with Gasteiger partial charge in [-0.15, -0.1) is 0 Å². The van der Waals surface area contributed by atoms with Crippen molar-refractivity contribution >= 4 is 21.6 Å². The molecule has 170 valence electrons. The number of halogens is 3. The van der Waals surface area contributed by atoms with E-state index in [0.29, 0.717) is 10.4 Å². The highest BCUT2D eigenvalue weighted by molar-refractivity contribution is 7.92. The molecule has 0 heterocycles. The lowest BCUT2D eigenvalue weighted by Gasteiger charge is -2.24. The minimum Gasteiger partial charge on any atom is -0.348 e. The Kier molecular flexibility index (Phi) is 7.10. The van der Waals surface area contributed by atoms with Crippen LogP contribution in [0.4, 0.5) is 18.9 Å². The van der Waals surface area contributed by atoms with Crippen molar-refractivity contribution < 1.29 is 26.4 Å². The molecular weight excluding hydrogens is 429 g/mol. The number of hydrogen-bond acceptors (Lipinski definition) is 3. The molecule has 0 spiro atoms. The SMILES string of the molecule is CC(NC(=O)CN(c1cccc(C(F)(F)F)c1)S(C)(=O)=O)c1ccc(C(C)(C)C)cc1. The fourth-order valence-electron chi connectivity index (χ4n) is 3.01. The van der Waals surface area contributed by atoms with Crippen LogP contribution in [0.5, 0.6) is 0 Å². The third-order valence-corrected chi connectivity index (χ3v) is 5.94. The maximum Gasteiger partial charge on any atom is 0.416 e. The maximum absolute atomic E-state index is 13.0. The molecule has 0 saturated heterocycles. The topological polar surface area (TPSA) is 66.5 Å². The second-order valence-electron chi connectivity index (χ2n) is 8.48. The fourth-order valence-corrected chi connectivity index (χ4v) is 3.86. The summed E-state index contributed by atoms with van der Waals surface area (Å²) in [5.74, 6) is -0.629. The third kappa shape index (κ3) is 6.72. The first kappa shape index (κ1) is 24.7. The van der Waals surface area contributed by atoms with Crippen LogP contribution in [0, 0.1) is 0 Å². The summed E-state index contributed by atoms with van der Waals surface area (Å²) < 4.78 is 64.0. The highest BCUT2D eigenvalue weighted by Gasteiger charge is 2.32. The summed E-state index contributed by atoms with van der Waals surface area (Å²) >= 11 is 0. The van der Waals surface area contributed by atoms with Gasteiger partial charge in [-0.1, -0.05) is 51.1 Å². The number of rotatable bonds is 6. The predicted octanol–water partition coefficient (Wildman–Crippen LogP) is 4.65. The molecule has 0 radical (unpaired) electrons. The Labute approximate surface area is 181 Å². The van der Waals surface area contributed by atoms with Crippen LogP contribution in [0.1, 0.15) is 50.4 Å². The standard InChI is InChI=1S/C22H27F3N2O3S/c1-15(16-9-11-17(12-10-16)21(2,3)4)26-20(28)14-27(31(5,29)30)19-8-6-7-18(13-19)22(23,24)25/h6-13,15H,14H2,1-5H3,(H,26,28). The molecule has 2 aromatic rings. The van der Waals surface area contributed by atoms with Crippen LogP contribution in [-0.4, -0.2) is 27.1 Å². The van der Waals surface area contributed by atoms with Gasteiger partial charge in [-0.25, -0.2) is 8.42 Å². The van der Waals surface area contributed by atoms with Crippen LogP contribution in [0.15, 0.2) is 48.5 Å². The molecular formula is C22H27F3N2O3S. The van der Waals surface area contributed by atoms with Crippen LogP contribution < -0.4 is 9.62 Å². The molecule has 1 unspecified atom stereocenters. The number of anilines is 1. The van der Waals surface area contributed by atoms with E-state index >= 15 is 0 Å². The van der Waals surface area contributed by atoms with Crippen molar-refractivity contribution in [2.75, 3.05) is 17.1 Å². The zero-order chi connectivity index (χ0) is 23.6. The summed E-state index contributed by atoms with van der Waals surface area (Å²) in [6.45, 7) is 7.37. The average Bonchev–Trinajstić information content (AvgIpc) is 2.64. The minimum absolute atomic E-state index is 0.0219. The lowest BCUT2D eigenvalue weighted by Crippen LogP contribution is -2.41. The van der Waals surface area contributed by atoms with Crippen molar-refractivity contribution in [3.63, 3.8) is 0 Å². The molecule has 0 aliphatic carbocycles. The lowest BCUT2D eigenvalue weighted by molar-refractivity contribution is -0.137. The maximum atomic E-state index is 13.0. The first-order chi connectivity index (χ1) is 14.1. The number of sulfonamides is 1. The summed E-state index contributed by atoms with van der Waals surface area (Å²) in [4.78, 5) is 12.5. The number of alkyl halides is 3. The normalized spacial score (nSPS) is 13.5. The Balaban J connectivity index is 2.19.